The summed E-state index contributed by atoms with van der Waals surface area (Å²) in [6.07, 6.45) is -1.28. The number of aryl methyl sites for hydroxylation is 1. The van der Waals surface area contributed by atoms with Gasteiger partial charge in [0.15, 0.2) is 11.9 Å². The minimum atomic E-state index is -1.04. The third-order valence-electron chi connectivity index (χ3n) is 4.34. The van der Waals surface area contributed by atoms with E-state index in [2.05, 4.69) is 9.89 Å². The van der Waals surface area contributed by atoms with Gasteiger partial charge in [-0.1, -0.05) is 17.3 Å². The number of benzene rings is 1. The number of nitrogens with zero attached hydrogens (tertiary/aromatic N) is 3. The van der Waals surface area contributed by atoms with E-state index in [1.165, 1.54) is 16.9 Å². The molecule has 0 unspecified atom stereocenters. The standard InChI is InChI=1S/C19H21N3O6/c1-12-8-13(28-20-12)10-21(2)17(23)11-22-14-6-4-5-7-15(14)27-16(19(22)25)9-18(24)26-3/h4-8,16H,9-11H2,1-3H3/t16-/m1/s1. The van der Waals surface area contributed by atoms with Crippen LogP contribution in [0.1, 0.15) is 17.9 Å². The third kappa shape index (κ3) is 4.13. The van der Waals surface area contributed by atoms with Crippen molar-refractivity contribution in [3.8, 4) is 5.75 Å². The molecule has 0 saturated heterocycles. The molecule has 2 aromatic rings. The molecule has 0 N–H and O–H groups in total. The number of anilines is 1. The van der Waals surface area contributed by atoms with E-state index in [1.807, 2.05) is 0 Å². The van der Waals surface area contributed by atoms with Gasteiger partial charge in [0.25, 0.3) is 5.91 Å². The number of para-hydroxylation sites is 2. The molecule has 0 radical (unpaired) electrons. The van der Waals surface area contributed by atoms with Gasteiger partial charge in [0.2, 0.25) is 5.91 Å². The molecule has 28 heavy (non-hydrogen) atoms. The summed E-state index contributed by atoms with van der Waals surface area (Å²) >= 11 is 0. The van der Waals surface area contributed by atoms with Crippen molar-refractivity contribution in [2.45, 2.75) is 26.0 Å². The number of carbonyl (C=O) groups excluding carboxylic acids is 3. The molecular weight excluding hydrogens is 366 g/mol. The highest BCUT2D eigenvalue weighted by atomic mass is 16.5. The van der Waals surface area contributed by atoms with Gasteiger partial charge in [-0.05, 0) is 19.1 Å². The van der Waals surface area contributed by atoms with E-state index in [-0.39, 0.29) is 25.4 Å². The van der Waals surface area contributed by atoms with Gasteiger partial charge in [-0.2, -0.15) is 0 Å². The fourth-order valence-electron chi connectivity index (χ4n) is 2.87. The zero-order valence-corrected chi connectivity index (χ0v) is 15.9. The Balaban J connectivity index is 1.77. The number of rotatable bonds is 6. The number of likely N-dealkylation sites (N-methyl/N-ethyl adjacent to an activating group) is 1. The number of methoxy groups -OCH3 is 1. The largest absolute Gasteiger partial charge is 0.478 e. The number of ether oxygens (including phenoxy) is 2. The SMILES string of the molecule is COC(=O)C[C@H]1Oc2ccccc2N(CC(=O)N(C)Cc2cc(C)no2)C1=O. The Morgan fingerprint density at radius 2 is 2.07 bits per heavy atom. The van der Waals surface area contributed by atoms with E-state index in [0.717, 1.165) is 5.69 Å². The highest BCUT2D eigenvalue weighted by molar-refractivity contribution is 6.04. The molecule has 9 heteroatoms. The lowest BCUT2D eigenvalue weighted by molar-refractivity contribution is -0.145. The molecule has 0 fully saturated rings. The lowest BCUT2D eigenvalue weighted by atomic mass is 10.1. The van der Waals surface area contributed by atoms with Crippen LogP contribution in [-0.4, -0.2) is 54.6 Å². The van der Waals surface area contributed by atoms with Crippen LogP contribution in [0.4, 0.5) is 5.69 Å². The molecule has 1 aliphatic heterocycles. The number of hydrogen-bond acceptors (Lipinski definition) is 7. The number of hydrogen-bond donors (Lipinski definition) is 0. The van der Waals surface area contributed by atoms with Gasteiger partial charge in [-0.25, -0.2) is 0 Å². The Morgan fingerprint density at radius 1 is 1.32 bits per heavy atom. The Kier molecular flexibility index (Phi) is 5.62. The molecule has 148 valence electrons. The summed E-state index contributed by atoms with van der Waals surface area (Å²) < 4.78 is 15.4. The van der Waals surface area contributed by atoms with E-state index in [0.29, 0.717) is 17.2 Å². The van der Waals surface area contributed by atoms with Gasteiger partial charge in [0.05, 0.1) is 31.5 Å². The van der Waals surface area contributed by atoms with Gasteiger partial charge < -0.3 is 18.9 Å². The summed E-state index contributed by atoms with van der Waals surface area (Å²) in [5.41, 5.74) is 1.20. The van der Waals surface area contributed by atoms with Gasteiger partial charge >= 0.3 is 5.97 Å². The summed E-state index contributed by atoms with van der Waals surface area (Å²) in [6, 6.07) is 8.61. The second-order valence-electron chi connectivity index (χ2n) is 6.46. The predicted molar refractivity (Wildman–Crippen MR) is 97.6 cm³/mol. The van der Waals surface area contributed by atoms with Crippen molar-refractivity contribution in [1.29, 1.82) is 0 Å². The number of esters is 1. The maximum atomic E-state index is 12.9. The molecule has 9 nitrogen and oxygen atoms in total. The highest BCUT2D eigenvalue weighted by Gasteiger charge is 2.37. The van der Waals surface area contributed by atoms with Crippen LogP contribution in [0.5, 0.6) is 5.75 Å². The monoisotopic (exact) mass is 387 g/mol. The summed E-state index contributed by atoms with van der Waals surface area (Å²) in [7, 11) is 2.86. The van der Waals surface area contributed by atoms with E-state index in [1.54, 1.807) is 44.3 Å². The van der Waals surface area contributed by atoms with Crippen molar-refractivity contribution in [1.82, 2.24) is 10.1 Å². The normalized spacial score (nSPS) is 15.6. The summed E-state index contributed by atoms with van der Waals surface area (Å²) in [5.74, 6) is -0.359. The van der Waals surface area contributed by atoms with Gasteiger partial charge in [0.1, 0.15) is 12.3 Å². The first kappa shape index (κ1) is 19.4. The third-order valence-corrected chi connectivity index (χ3v) is 4.34. The van der Waals surface area contributed by atoms with Crippen LogP contribution in [0.2, 0.25) is 0 Å². The minimum Gasteiger partial charge on any atom is -0.478 e. The Hall–Kier alpha value is -3.36. The van der Waals surface area contributed by atoms with E-state index >= 15 is 0 Å². The van der Waals surface area contributed by atoms with Gasteiger partial charge in [0, 0.05) is 13.1 Å². The second-order valence-corrected chi connectivity index (χ2v) is 6.46. The lowest BCUT2D eigenvalue weighted by Gasteiger charge is -2.34. The van der Waals surface area contributed by atoms with Gasteiger partial charge in [-0.15, -0.1) is 0 Å². The van der Waals surface area contributed by atoms with Crippen LogP contribution in [-0.2, 0) is 25.7 Å². The predicted octanol–water partition coefficient (Wildman–Crippen LogP) is 1.30. The maximum Gasteiger partial charge on any atom is 0.309 e. The molecular formula is C19H21N3O6. The average molecular weight is 387 g/mol. The molecule has 1 atom stereocenters. The highest BCUT2D eigenvalue weighted by Crippen LogP contribution is 2.34. The minimum absolute atomic E-state index is 0.194. The second kappa shape index (κ2) is 8.12. The molecule has 1 aliphatic rings. The van der Waals surface area contributed by atoms with E-state index in [4.69, 9.17) is 9.26 Å². The van der Waals surface area contributed by atoms with Crippen LogP contribution in [0.25, 0.3) is 0 Å². The molecule has 0 spiro atoms. The summed E-state index contributed by atoms with van der Waals surface area (Å²) in [6.45, 7) is 1.82. The number of aromatic nitrogens is 1. The number of fused-ring (bicyclic) bond motifs is 1. The van der Waals surface area contributed by atoms with Crippen molar-refractivity contribution >= 4 is 23.5 Å². The number of amides is 2. The van der Waals surface area contributed by atoms with Gasteiger partial charge in [-0.3, -0.25) is 19.3 Å². The van der Waals surface area contributed by atoms with Crippen LogP contribution >= 0.6 is 0 Å². The van der Waals surface area contributed by atoms with Crippen LogP contribution in [0.3, 0.4) is 0 Å². The average Bonchev–Trinajstić information content (AvgIpc) is 3.09. The summed E-state index contributed by atoms with van der Waals surface area (Å²) in [4.78, 5) is 39.9. The first-order valence-electron chi connectivity index (χ1n) is 8.69. The molecule has 1 aromatic heterocycles. The zero-order chi connectivity index (χ0) is 20.3. The van der Waals surface area contributed by atoms with Crippen molar-refractivity contribution < 1.29 is 28.4 Å². The quantitative estimate of drug-likeness (QED) is 0.689. The maximum absolute atomic E-state index is 12.9. The molecule has 0 aliphatic carbocycles. The fraction of sp³-hybridized carbons (Fsp3) is 0.368. The molecule has 0 saturated carbocycles. The van der Waals surface area contributed by atoms with Crippen LogP contribution < -0.4 is 9.64 Å². The smallest absolute Gasteiger partial charge is 0.309 e. The van der Waals surface area contributed by atoms with Crippen molar-refractivity contribution in [2.75, 3.05) is 25.6 Å². The summed E-state index contributed by atoms with van der Waals surface area (Å²) in [5, 5.41) is 3.79. The zero-order valence-electron chi connectivity index (χ0n) is 15.9. The Morgan fingerprint density at radius 3 is 2.75 bits per heavy atom. The molecule has 3 rings (SSSR count). The fourth-order valence-corrected chi connectivity index (χ4v) is 2.87. The first-order valence-corrected chi connectivity index (χ1v) is 8.69. The molecule has 2 amide bonds. The van der Waals surface area contributed by atoms with Crippen LogP contribution in [0.15, 0.2) is 34.9 Å². The number of carbonyl (C=O) groups is 3. The van der Waals surface area contributed by atoms with Crippen molar-refractivity contribution in [3.05, 3.63) is 41.8 Å². The molecule has 0 bridgehead atoms. The van der Waals surface area contributed by atoms with Crippen molar-refractivity contribution in [3.63, 3.8) is 0 Å². The molecule has 2 heterocycles. The molecule has 1 aromatic carbocycles. The lowest BCUT2D eigenvalue weighted by Crippen LogP contribution is -2.50. The van der Waals surface area contributed by atoms with E-state index < -0.39 is 18.0 Å². The Bertz CT molecular complexity index is 893. The van der Waals surface area contributed by atoms with Crippen molar-refractivity contribution in [2.24, 2.45) is 0 Å². The Labute approximate surface area is 161 Å². The topological polar surface area (TPSA) is 102 Å². The van der Waals surface area contributed by atoms with E-state index in [9.17, 15) is 14.4 Å². The van der Waals surface area contributed by atoms with Crippen LogP contribution in [0, 0.1) is 6.92 Å². The first-order chi connectivity index (χ1) is 13.4.